The van der Waals surface area contributed by atoms with Gasteiger partial charge in [-0.1, -0.05) is 29.3 Å². The molecule has 2 rings (SSSR count). The van der Waals surface area contributed by atoms with E-state index in [-0.39, 0.29) is 5.02 Å². The minimum atomic E-state index is -0.930. The van der Waals surface area contributed by atoms with Gasteiger partial charge in [0.05, 0.1) is 5.02 Å². The lowest BCUT2D eigenvalue weighted by Gasteiger charge is -2.15. The van der Waals surface area contributed by atoms with Gasteiger partial charge in [0.25, 0.3) is 0 Å². The molecule has 1 atom stereocenters. The predicted octanol–water partition coefficient (Wildman–Crippen LogP) is 5.29. The SMILES string of the molecule is Cc1cc(C(O)c2ccc(Cl)c(Br)c2)c(Cl)cc1F. The molecule has 1 N–H and O–H groups in total. The van der Waals surface area contributed by atoms with Crippen molar-refractivity contribution < 1.29 is 9.50 Å². The Labute approximate surface area is 129 Å². The molecule has 0 saturated heterocycles. The van der Waals surface area contributed by atoms with Crippen molar-refractivity contribution in [3.63, 3.8) is 0 Å². The summed E-state index contributed by atoms with van der Waals surface area (Å²) in [6.07, 6.45) is -0.930. The summed E-state index contributed by atoms with van der Waals surface area (Å²) in [7, 11) is 0. The number of aliphatic hydroxyl groups is 1. The van der Waals surface area contributed by atoms with E-state index >= 15 is 0 Å². The van der Waals surface area contributed by atoms with E-state index in [9.17, 15) is 9.50 Å². The normalized spacial score (nSPS) is 12.5. The van der Waals surface area contributed by atoms with Gasteiger partial charge >= 0.3 is 0 Å². The van der Waals surface area contributed by atoms with Crippen molar-refractivity contribution in [2.75, 3.05) is 0 Å². The van der Waals surface area contributed by atoms with Gasteiger partial charge in [0.15, 0.2) is 0 Å². The van der Waals surface area contributed by atoms with Gasteiger partial charge in [-0.05, 0) is 58.2 Å². The first-order chi connectivity index (χ1) is 8.90. The molecule has 0 aromatic heterocycles. The topological polar surface area (TPSA) is 20.2 Å². The number of aryl methyl sites for hydroxylation is 1. The maximum atomic E-state index is 13.4. The first-order valence-corrected chi connectivity index (χ1v) is 7.03. The van der Waals surface area contributed by atoms with Crippen LogP contribution in [0.15, 0.2) is 34.8 Å². The van der Waals surface area contributed by atoms with Crippen LogP contribution in [0, 0.1) is 12.7 Å². The van der Waals surface area contributed by atoms with E-state index in [1.165, 1.54) is 6.07 Å². The molecule has 0 aliphatic carbocycles. The quantitative estimate of drug-likeness (QED) is 0.768. The molecule has 0 spiro atoms. The molecule has 2 aromatic rings. The summed E-state index contributed by atoms with van der Waals surface area (Å²) < 4.78 is 14.0. The highest BCUT2D eigenvalue weighted by Gasteiger charge is 2.16. The fourth-order valence-electron chi connectivity index (χ4n) is 1.75. The summed E-state index contributed by atoms with van der Waals surface area (Å²) in [5, 5.41) is 11.1. The van der Waals surface area contributed by atoms with E-state index in [0.29, 0.717) is 26.2 Å². The summed E-state index contributed by atoms with van der Waals surface area (Å²) >= 11 is 15.2. The summed E-state index contributed by atoms with van der Waals surface area (Å²) in [6, 6.07) is 7.84. The molecule has 19 heavy (non-hydrogen) atoms. The van der Waals surface area contributed by atoms with Gasteiger partial charge in [0.1, 0.15) is 11.9 Å². The molecule has 0 saturated carbocycles. The van der Waals surface area contributed by atoms with Crippen molar-refractivity contribution >= 4 is 39.1 Å². The first-order valence-electron chi connectivity index (χ1n) is 5.48. The predicted molar refractivity (Wildman–Crippen MR) is 79.4 cm³/mol. The highest BCUT2D eigenvalue weighted by Crippen LogP contribution is 2.33. The maximum Gasteiger partial charge on any atom is 0.127 e. The van der Waals surface area contributed by atoms with Crippen LogP contribution < -0.4 is 0 Å². The largest absolute Gasteiger partial charge is 0.384 e. The summed E-state index contributed by atoms with van der Waals surface area (Å²) in [5.41, 5.74) is 1.53. The van der Waals surface area contributed by atoms with Crippen molar-refractivity contribution in [3.8, 4) is 0 Å². The zero-order valence-electron chi connectivity index (χ0n) is 9.92. The van der Waals surface area contributed by atoms with Crippen molar-refractivity contribution in [2.24, 2.45) is 0 Å². The first kappa shape index (κ1) is 14.8. The number of rotatable bonds is 2. The van der Waals surface area contributed by atoms with Crippen LogP contribution in [-0.2, 0) is 0 Å². The summed E-state index contributed by atoms with van der Waals surface area (Å²) in [6.45, 7) is 1.62. The third-order valence-electron chi connectivity index (χ3n) is 2.83. The molecular formula is C14H10BrCl2FO. The fraction of sp³-hybridized carbons (Fsp3) is 0.143. The third kappa shape index (κ3) is 3.11. The van der Waals surface area contributed by atoms with Gasteiger partial charge in [-0.3, -0.25) is 0 Å². The highest BCUT2D eigenvalue weighted by molar-refractivity contribution is 9.10. The van der Waals surface area contributed by atoms with E-state index in [1.54, 1.807) is 31.2 Å². The lowest BCUT2D eigenvalue weighted by molar-refractivity contribution is 0.220. The van der Waals surface area contributed by atoms with Gasteiger partial charge in [0, 0.05) is 15.1 Å². The average Bonchev–Trinajstić information content (AvgIpc) is 2.36. The molecule has 0 amide bonds. The number of aliphatic hydroxyl groups excluding tert-OH is 1. The van der Waals surface area contributed by atoms with Crippen LogP contribution in [-0.4, -0.2) is 5.11 Å². The molecule has 0 aliphatic heterocycles. The minimum Gasteiger partial charge on any atom is -0.384 e. The molecule has 0 aliphatic rings. The van der Waals surface area contributed by atoms with Crippen LogP contribution in [0.5, 0.6) is 0 Å². The second kappa shape index (κ2) is 5.80. The number of hydrogen-bond acceptors (Lipinski definition) is 1. The van der Waals surface area contributed by atoms with Crippen molar-refractivity contribution in [1.82, 2.24) is 0 Å². The van der Waals surface area contributed by atoms with Gasteiger partial charge in [-0.25, -0.2) is 4.39 Å². The minimum absolute atomic E-state index is 0.196. The van der Waals surface area contributed by atoms with Crippen molar-refractivity contribution in [2.45, 2.75) is 13.0 Å². The van der Waals surface area contributed by atoms with E-state index < -0.39 is 11.9 Å². The zero-order valence-corrected chi connectivity index (χ0v) is 13.0. The molecule has 100 valence electrons. The third-order valence-corrected chi connectivity index (χ3v) is 4.37. The Balaban J connectivity index is 2.46. The Morgan fingerprint density at radius 1 is 1.16 bits per heavy atom. The lowest BCUT2D eigenvalue weighted by atomic mass is 10.00. The van der Waals surface area contributed by atoms with Crippen molar-refractivity contribution in [1.29, 1.82) is 0 Å². The molecule has 2 aromatic carbocycles. The van der Waals surface area contributed by atoms with Crippen LogP contribution in [0.1, 0.15) is 22.8 Å². The fourth-order valence-corrected chi connectivity index (χ4v) is 2.52. The molecule has 5 heteroatoms. The van der Waals surface area contributed by atoms with Crippen LogP contribution in [0.25, 0.3) is 0 Å². The molecule has 0 heterocycles. The molecule has 1 unspecified atom stereocenters. The number of hydrogen-bond donors (Lipinski definition) is 1. The number of halogens is 4. The van der Waals surface area contributed by atoms with Crippen LogP contribution in [0.3, 0.4) is 0 Å². The monoisotopic (exact) mass is 362 g/mol. The molecule has 0 radical (unpaired) electrons. The van der Waals surface area contributed by atoms with E-state index in [1.807, 2.05) is 0 Å². The molecule has 1 nitrogen and oxygen atoms in total. The summed E-state index contributed by atoms with van der Waals surface area (Å²) in [4.78, 5) is 0. The second-order valence-electron chi connectivity index (χ2n) is 4.20. The van der Waals surface area contributed by atoms with Gasteiger partial charge in [0.2, 0.25) is 0 Å². The molecule has 0 fully saturated rings. The van der Waals surface area contributed by atoms with Crippen LogP contribution >= 0.6 is 39.1 Å². The Kier molecular flexibility index (Phi) is 4.51. The lowest BCUT2D eigenvalue weighted by Crippen LogP contribution is -2.02. The van der Waals surface area contributed by atoms with E-state index in [2.05, 4.69) is 15.9 Å². The van der Waals surface area contributed by atoms with E-state index in [0.717, 1.165) is 0 Å². The van der Waals surface area contributed by atoms with Gasteiger partial charge in [-0.15, -0.1) is 0 Å². The maximum absolute atomic E-state index is 13.4. The Hall–Kier alpha value is -0.610. The van der Waals surface area contributed by atoms with Gasteiger partial charge < -0.3 is 5.11 Å². The van der Waals surface area contributed by atoms with Crippen molar-refractivity contribution in [3.05, 3.63) is 67.4 Å². The number of benzene rings is 2. The summed E-state index contributed by atoms with van der Waals surface area (Å²) in [5.74, 6) is -0.391. The highest BCUT2D eigenvalue weighted by atomic mass is 79.9. The Bertz CT molecular complexity index is 631. The molecule has 0 bridgehead atoms. The molecular weight excluding hydrogens is 354 g/mol. The second-order valence-corrected chi connectivity index (χ2v) is 5.87. The van der Waals surface area contributed by atoms with Crippen LogP contribution in [0.2, 0.25) is 10.0 Å². The Morgan fingerprint density at radius 3 is 2.47 bits per heavy atom. The zero-order chi connectivity index (χ0) is 14.2. The van der Waals surface area contributed by atoms with E-state index in [4.69, 9.17) is 23.2 Å². The standard InChI is InChI=1S/C14H10BrCl2FO/c1-7-4-9(12(17)6-13(7)18)14(19)8-2-3-11(16)10(15)5-8/h2-6,14,19H,1H3. The van der Waals surface area contributed by atoms with Crippen LogP contribution in [0.4, 0.5) is 4.39 Å². The smallest absolute Gasteiger partial charge is 0.127 e. The average molecular weight is 364 g/mol. The Morgan fingerprint density at radius 2 is 1.84 bits per heavy atom. The van der Waals surface area contributed by atoms with Gasteiger partial charge in [-0.2, -0.15) is 0 Å².